The van der Waals surface area contributed by atoms with Crippen LogP contribution in [0.3, 0.4) is 0 Å². The zero-order valence-electron chi connectivity index (χ0n) is 17.5. The van der Waals surface area contributed by atoms with Crippen molar-refractivity contribution in [1.82, 2.24) is 20.9 Å². The van der Waals surface area contributed by atoms with E-state index >= 15 is 0 Å². The van der Waals surface area contributed by atoms with Crippen molar-refractivity contribution >= 4 is 17.7 Å². The van der Waals surface area contributed by atoms with Gasteiger partial charge in [-0.2, -0.15) is 0 Å². The van der Waals surface area contributed by atoms with Crippen molar-refractivity contribution in [3.63, 3.8) is 0 Å². The molecule has 2 amide bonds. The molecule has 1 aromatic carbocycles. The van der Waals surface area contributed by atoms with Gasteiger partial charge in [-0.25, -0.2) is 10.2 Å². The highest BCUT2D eigenvalue weighted by atomic mass is 16.6. The number of hydrazine groups is 2. The molecule has 0 spiro atoms. The Bertz CT molecular complexity index is 810. The molecule has 3 heterocycles. The van der Waals surface area contributed by atoms with Crippen LogP contribution in [0.5, 0.6) is 5.75 Å². The van der Waals surface area contributed by atoms with Gasteiger partial charge in [-0.1, -0.05) is 12.1 Å². The van der Waals surface area contributed by atoms with E-state index in [1.807, 2.05) is 58.9 Å². The summed E-state index contributed by atoms with van der Waals surface area (Å²) in [5, 5.41) is 1.71. The standard InChI is InChI=1S/C20H29N5O4/c1-12-14(10-23(12)19(27)29-20(3,4)5)21-25-17-11-28-16-9-7-6-8-15(16)24(17)13(2)18(26)22-25/h6-9,12-14,17,21H,10-11H2,1-5H3,(H,22,26). The Kier molecular flexibility index (Phi) is 4.82. The molecule has 9 nitrogen and oxygen atoms in total. The second-order valence-corrected chi connectivity index (χ2v) is 8.80. The molecule has 0 radical (unpaired) electrons. The van der Waals surface area contributed by atoms with Crippen molar-refractivity contribution in [3.8, 4) is 5.75 Å². The number of amides is 2. The van der Waals surface area contributed by atoms with Crippen LogP contribution < -0.4 is 20.5 Å². The molecule has 2 fully saturated rings. The van der Waals surface area contributed by atoms with Crippen molar-refractivity contribution in [2.75, 3.05) is 18.1 Å². The van der Waals surface area contributed by atoms with Gasteiger partial charge >= 0.3 is 6.09 Å². The molecular formula is C20H29N5O4. The van der Waals surface area contributed by atoms with Crippen LogP contribution in [0.1, 0.15) is 34.6 Å². The number of likely N-dealkylation sites (tertiary alicyclic amines) is 1. The third-order valence-corrected chi connectivity index (χ3v) is 5.58. The molecule has 3 aliphatic rings. The van der Waals surface area contributed by atoms with Crippen LogP contribution in [0.15, 0.2) is 24.3 Å². The van der Waals surface area contributed by atoms with E-state index in [0.29, 0.717) is 13.2 Å². The van der Waals surface area contributed by atoms with Crippen molar-refractivity contribution in [2.24, 2.45) is 0 Å². The number of carbonyl (C=O) groups is 2. The average molecular weight is 403 g/mol. The van der Waals surface area contributed by atoms with Crippen molar-refractivity contribution < 1.29 is 19.1 Å². The molecule has 0 aromatic heterocycles. The molecule has 0 bridgehead atoms. The molecule has 4 rings (SSSR count). The normalized spacial score (nSPS) is 29.2. The number of benzene rings is 1. The fourth-order valence-electron chi connectivity index (χ4n) is 3.89. The Morgan fingerprint density at radius 2 is 2.00 bits per heavy atom. The van der Waals surface area contributed by atoms with Crippen LogP contribution in [0.2, 0.25) is 0 Å². The Labute approximate surface area is 170 Å². The van der Waals surface area contributed by atoms with Crippen LogP contribution in [0, 0.1) is 0 Å². The van der Waals surface area contributed by atoms with Crippen molar-refractivity contribution in [3.05, 3.63) is 24.3 Å². The van der Waals surface area contributed by atoms with Gasteiger partial charge in [-0.15, -0.1) is 5.12 Å². The number of hydrogen-bond donors (Lipinski definition) is 2. The summed E-state index contributed by atoms with van der Waals surface area (Å²) in [6.07, 6.45) is -0.517. The zero-order valence-corrected chi connectivity index (χ0v) is 17.5. The van der Waals surface area contributed by atoms with Gasteiger partial charge in [0, 0.05) is 6.54 Å². The van der Waals surface area contributed by atoms with Crippen LogP contribution >= 0.6 is 0 Å². The summed E-state index contributed by atoms with van der Waals surface area (Å²) in [5.74, 6) is 0.680. The molecule has 4 atom stereocenters. The van der Waals surface area contributed by atoms with Gasteiger partial charge in [0.25, 0.3) is 5.91 Å². The summed E-state index contributed by atoms with van der Waals surface area (Å²) >= 11 is 0. The minimum absolute atomic E-state index is 0.00440. The number of carbonyl (C=O) groups excluding carboxylic acids is 2. The second-order valence-electron chi connectivity index (χ2n) is 8.80. The number of ether oxygens (including phenoxy) is 2. The first-order valence-corrected chi connectivity index (χ1v) is 10.0. The predicted molar refractivity (Wildman–Crippen MR) is 107 cm³/mol. The van der Waals surface area contributed by atoms with Gasteiger partial charge in [0.05, 0.1) is 17.8 Å². The zero-order chi connectivity index (χ0) is 20.9. The summed E-state index contributed by atoms with van der Waals surface area (Å²) in [4.78, 5) is 28.7. The van der Waals surface area contributed by atoms with Gasteiger partial charge in [0.1, 0.15) is 24.0 Å². The van der Waals surface area contributed by atoms with Crippen LogP contribution in [-0.2, 0) is 9.53 Å². The maximum Gasteiger partial charge on any atom is 0.410 e. The minimum atomic E-state index is -0.528. The second kappa shape index (κ2) is 7.07. The number of para-hydroxylation sites is 2. The van der Waals surface area contributed by atoms with Crippen LogP contribution in [0.4, 0.5) is 10.5 Å². The molecule has 4 unspecified atom stereocenters. The smallest absolute Gasteiger partial charge is 0.410 e. The van der Waals surface area contributed by atoms with E-state index in [2.05, 4.69) is 15.8 Å². The first kappa shape index (κ1) is 19.8. The van der Waals surface area contributed by atoms with Gasteiger partial charge in [0.2, 0.25) is 0 Å². The summed E-state index contributed by atoms with van der Waals surface area (Å²) in [7, 11) is 0. The maximum atomic E-state index is 12.6. The average Bonchev–Trinajstić information content (AvgIpc) is 2.65. The molecule has 9 heteroatoms. The minimum Gasteiger partial charge on any atom is -0.488 e. The number of rotatable bonds is 2. The Morgan fingerprint density at radius 1 is 1.28 bits per heavy atom. The van der Waals surface area contributed by atoms with Crippen molar-refractivity contribution in [1.29, 1.82) is 0 Å². The first-order chi connectivity index (χ1) is 13.7. The number of anilines is 1. The number of hydrogen-bond acceptors (Lipinski definition) is 7. The highest BCUT2D eigenvalue weighted by Gasteiger charge is 2.47. The maximum absolute atomic E-state index is 12.6. The molecule has 29 heavy (non-hydrogen) atoms. The Balaban J connectivity index is 1.45. The van der Waals surface area contributed by atoms with E-state index in [9.17, 15) is 9.59 Å². The lowest BCUT2D eigenvalue weighted by Gasteiger charge is -2.53. The lowest BCUT2D eigenvalue weighted by Crippen LogP contribution is -2.78. The van der Waals surface area contributed by atoms with E-state index in [0.717, 1.165) is 11.4 Å². The lowest BCUT2D eigenvalue weighted by molar-refractivity contribution is -0.141. The fraction of sp³-hybridized carbons (Fsp3) is 0.600. The first-order valence-electron chi connectivity index (χ1n) is 10.0. The van der Waals surface area contributed by atoms with E-state index < -0.39 is 5.60 Å². The number of nitrogens with zero attached hydrogens (tertiary/aromatic N) is 3. The van der Waals surface area contributed by atoms with Gasteiger partial charge in [-0.3, -0.25) is 10.2 Å². The summed E-state index contributed by atoms with van der Waals surface area (Å²) in [5.41, 5.74) is 6.66. The Morgan fingerprint density at radius 3 is 2.69 bits per heavy atom. The third kappa shape index (κ3) is 3.60. The lowest BCUT2D eigenvalue weighted by atomic mass is 10.00. The molecule has 3 aliphatic heterocycles. The summed E-state index contributed by atoms with van der Waals surface area (Å²) in [6, 6.07) is 7.35. The largest absolute Gasteiger partial charge is 0.488 e. The van der Waals surface area contributed by atoms with Gasteiger partial charge in [-0.05, 0) is 46.8 Å². The Hall–Kier alpha value is -2.52. The molecule has 1 aromatic rings. The summed E-state index contributed by atoms with van der Waals surface area (Å²) in [6.45, 7) is 10.3. The molecule has 2 N–H and O–H groups in total. The molecular weight excluding hydrogens is 374 g/mol. The quantitative estimate of drug-likeness (QED) is 0.773. The predicted octanol–water partition coefficient (Wildman–Crippen LogP) is 1.46. The van der Waals surface area contributed by atoms with Gasteiger partial charge < -0.3 is 19.3 Å². The molecule has 158 valence electrons. The van der Waals surface area contributed by atoms with E-state index in [-0.39, 0.29) is 36.3 Å². The summed E-state index contributed by atoms with van der Waals surface area (Å²) < 4.78 is 11.4. The van der Waals surface area contributed by atoms with Crippen molar-refractivity contribution in [2.45, 2.75) is 64.5 Å². The van der Waals surface area contributed by atoms with Gasteiger partial charge in [0.15, 0.2) is 6.17 Å². The van der Waals surface area contributed by atoms with Crippen LogP contribution in [-0.4, -0.2) is 65.1 Å². The molecule has 2 saturated heterocycles. The monoisotopic (exact) mass is 403 g/mol. The molecule has 0 aliphatic carbocycles. The highest BCUT2D eigenvalue weighted by molar-refractivity contribution is 5.86. The van der Waals surface area contributed by atoms with E-state index in [4.69, 9.17) is 9.47 Å². The third-order valence-electron chi connectivity index (χ3n) is 5.58. The van der Waals surface area contributed by atoms with E-state index in [1.54, 1.807) is 10.0 Å². The fourth-order valence-corrected chi connectivity index (χ4v) is 3.89. The topological polar surface area (TPSA) is 86.4 Å². The van der Waals surface area contributed by atoms with Crippen LogP contribution in [0.25, 0.3) is 0 Å². The van der Waals surface area contributed by atoms with E-state index in [1.165, 1.54) is 0 Å². The number of fused-ring (bicyclic) bond motifs is 3. The highest BCUT2D eigenvalue weighted by Crippen LogP contribution is 2.37. The number of nitrogens with one attached hydrogen (secondary N) is 2. The molecule has 0 saturated carbocycles. The SMILES string of the molecule is CC1C(NN2NC(=O)C(C)N3c4ccccc4OCC23)CN1C(=O)OC(C)(C)C.